The molecular weight excluding hydrogens is 328 g/mol. The molecule has 0 unspecified atom stereocenters. The van der Waals surface area contributed by atoms with Gasteiger partial charge >= 0.3 is 0 Å². The van der Waals surface area contributed by atoms with Gasteiger partial charge in [0.15, 0.2) is 0 Å². The highest BCUT2D eigenvalue weighted by molar-refractivity contribution is 8.00. The lowest BCUT2D eigenvalue weighted by atomic mass is 10.0. The van der Waals surface area contributed by atoms with Crippen LogP contribution in [0.25, 0.3) is 11.1 Å². The zero-order valence-corrected chi connectivity index (χ0v) is 15.2. The number of nitrogens with zero attached hydrogens (tertiary/aromatic N) is 1. The third-order valence-corrected chi connectivity index (χ3v) is 5.34. The van der Waals surface area contributed by atoms with Crippen LogP contribution in [0.15, 0.2) is 59.5 Å². The zero-order valence-electron chi connectivity index (χ0n) is 14.4. The maximum absolute atomic E-state index is 5.60. The number of aryl methyl sites for hydroxylation is 2. The van der Waals surface area contributed by atoms with Crippen LogP contribution in [0, 0.1) is 13.8 Å². The van der Waals surface area contributed by atoms with Gasteiger partial charge in [0.05, 0.1) is 6.61 Å². The minimum atomic E-state index is 0.798. The fraction of sp³-hybridized carbons (Fsp3) is 0.190. The molecule has 0 saturated heterocycles. The lowest BCUT2D eigenvalue weighted by Crippen LogP contribution is -1.93. The third-order valence-electron chi connectivity index (χ3n) is 4.35. The van der Waals surface area contributed by atoms with Gasteiger partial charge in [-0.15, -0.1) is 0 Å². The van der Waals surface area contributed by atoms with Crippen LogP contribution < -0.4 is 9.46 Å². The first-order valence-corrected chi connectivity index (χ1v) is 9.24. The van der Waals surface area contributed by atoms with Crippen LogP contribution in [0.5, 0.6) is 5.75 Å². The number of nitrogens with one attached hydrogen (secondary N) is 1. The second-order valence-electron chi connectivity index (χ2n) is 6.27. The summed E-state index contributed by atoms with van der Waals surface area (Å²) in [6.45, 7) is 4.94. The number of rotatable bonds is 4. The zero-order chi connectivity index (χ0) is 17.2. The summed E-state index contributed by atoms with van der Waals surface area (Å²) in [6.07, 6.45) is 1.00. The molecule has 0 fully saturated rings. The van der Waals surface area contributed by atoms with Crippen LogP contribution in [-0.4, -0.2) is 11.6 Å². The Morgan fingerprint density at radius 2 is 1.84 bits per heavy atom. The molecule has 0 atom stereocenters. The van der Waals surface area contributed by atoms with E-state index in [1.54, 1.807) is 11.9 Å². The van der Waals surface area contributed by atoms with Crippen molar-refractivity contribution in [1.82, 2.24) is 4.98 Å². The van der Waals surface area contributed by atoms with Gasteiger partial charge in [-0.05, 0) is 78.4 Å². The molecule has 0 aliphatic carbocycles. The van der Waals surface area contributed by atoms with Gasteiger partial charge in [-0.3, -0.25) is 0 Å². The van der Waals surface area contributed by atoms with E-state index in [9.17, 15) is 0 Å². The van der Waals surface area contributed by atoms with Crippen molar-refractivity contribution >= 4 is 17.8 Å². The van der Waals surface area contributed by atoms with Crippen molar-refractivity contribution in [3.05, 3.63) is 71.4 Å². The average molecular weight is 348 g/mol. The Bertz CT molecular complexity index is 924. The van der Waals surface area contributed by atoms with E-state index in [1.165, 1.54) is 27.1 Å². The van der Waals surface area contributed by atoms with Crippen molar-refractivity contribution in [1.29, 1.82) is 0 Å². The SMILES string of the molecule is Cc1cccc(NSc2ccc(-c3ccc4c(c3)CCO4)cc2C)n1. The Morgan fingerprint density at radius 1 is 1.00 bits per heavy atom. The van der Waals surface area contributed by atoms with Crippen LogP contribution in [0.4, 0.5) is 5.82 Å². The first kappa shape index (κ1) is 16.0. The Kier molecular flexibility index (Phi) is 4.36. The van der Waals surface area contributed by atoms with Gasteiger partial charge in [0, 0.05) is 17.0 Å². The molecule has 1 N–H and O–H groups in total. The predicted octanol–water partition coefficient (Wildman–Crippen LogP) is 5.42. The lowest BCUT2D eigenvalue weighted by Gasteiger charge is -2.10. The van der Waals surface area contributed by atoms with Crippen molar-refractivity contribution in [3.63, 3.8) is 0 Å². The van der Waals surface area contributed by atoms with Crippen LogP contribution in [0.2, 0.25) is 0 Å². The van der Waals surface area contributed by atoms with Gasteiger partial charge in [0.1, 0.15) is 11.6 Å². The van der Waals surface area contributed by atoms with Crippen LogP contribution in [0.3, 0.4) is 0 Å². The van der Waals surface area contributed by atoms with Gasteiger partial charge in [0.2, 0.25) is 0 Å². The van der Waals surface area contributed by atoms with E-state index in [2.05, 4.69) is 53.0 Å². The first-order chi connectivity index (χ1) is 12.2. The molecule has 3 nitrogen and oxygen atoms in total. The summed E-state index contributed by atoms with van der Waals surface area (Å²) in [5, 5.41) is 0. The molecule has 0 radical (unpaired) electrons. The maximum Gasteiger partial charge on any atom is 0.136 e. The Balaban J connectivity index is 1.52. The summed E-state index contributed by atoms with van der Waals surface area (Å²) in [5.41, 5.74) is 6.06. The smallest absolute Gasteiger partial charge is 0.136 e. The molecule has 0 amide bonds. The van der Waals surface area contributed by atoms with E-state index in [0.717, 1.165) is 30.3 Å². The average Bonchev–Trinajstić information content (AvgIpc) is 3.08. The molecule has 3 aromatic rings. The standard InChI is InChI=1S/C21H20N2OS/c1-14-12-16(17-6-8-19-18(13-17)10-11-24-19)7-9-20(14)25-23-21-5-3-4-15(2)22-21/h3-9,12-13H,10-11H2,1-2H3,(H,22,23). The lowest BCUT2D eigenvalue weighted by molar-refractivity contribution is 0.357. The van der Waals surface area contributed by atoms with Crippen LogP contribution in [-0.2, 0) is 6.42 Å². The summed E-state index contributed by atoms with van der Waals surface area (Å²) < 4.78 is 8.92. The van der Waals surface area contributed by atoms with Crippen molar-refractivity contribution < 1.29 is 4.74 Å². The van der Waals surface area contributed by atoms with E-state index in [0.29, 0.717) is 0 Å². The number of hydrogen-bond acceptors (Lipinski definition) is 4. The molecule has 0 bridgehead atoms. The Morgan fingerprint density at radius 3 is 2.68 bits per heavy atom. The van der Waals surface area contributed by atoms with Gasteiger partial charge < -0.3 is 9.46 Å². The van der Waals surface area contributed by atoms with E-state index >= 15 is 0 Å². The highest BCUT2D eigenvalue weighted by atomic mass is 32.2. The van der Waals surface area contributed by atoms with Crippen molar-refractivity contribution in [2.75, 3.05) is 11.3 Å². The molecule has 1 aromatic heterocycles. The van der Waals surface area contributed by atoms with Gasteiger partial charge in [0.25, 0.3) is 0 Å². The molecule has 2 aromatic carbocycles. The van der Waals surface area contributed by atoms with E-state index < -0.39 is 0 Å². The third kappa shape index (κ3) is 3.49. The normalized spacial score (nSPS) is 12.6. The number of benzene rings is 2. The van der Waals surface area contributed by atoms with Crippen LogP contribution in [0.1, 0.15) is 16.8 Å². The monoisotopic (exact) mass is 348 g/mol. The predicted molar refractivity (Wildman–Crippen MR) is 104 cm³/mol. The Labute approximate surface area is 152 Å². The van der Waals surface area contributed by atoms with Crippen LogP contribution >= 0.6 is 11.9 Å². The highest BCUT2D eigenvalue weighted by Gasteiger charge is 2.13. The number of aromatic nitrogens is 1. The largest absolute Gasteiger partial charge is 0.493 e. The number of hydrogen-bond donors (Lipinski definition) is 1. The molecular formula is C21H20N2OS. The van der Waals surface area contributed by atoms with Crippen molar-refractivity contribution in [3.8, 4) is 16.9 Å². The molecule has 2 heterocycles. The Hall–Kier alpha value is -2.46. The van der Waals surface area contributed by atoms with Gasteiger partial charge in [-0.2, -0.15) is 0 Å². The van der Waals surface area contributed by atoms with E-state index in [1.807, 2.05) is 25.1 Å². The van der Waals surface area contributed by atoms with E-state index in [4.69, 9.17) is 4.74 Å². The number of ether oxygens (including phenoxy) is 1. The molecule has 0 saturated carbocycles. The number of pyridine rings is 1. The summed E-state index contributed by atoms with van der Waals surface area (Å²) >= 11 is 1.60. The second kappa shape index (κ2) is 6.81. The van der Waals surface area contributed by atoms with Gasteiger partial charge in [-0.25, -0.2) is 4.98 Å². The van der Waals surface area contributed by atoms with Crippen molar-refractivity contribution in [2.45, 2.75) is 25.2 Å². The highest BCUT2D eigenvalue weighted by Crippen LogP contribution is 2.33. The molecule has 126 valence electrons. The molecule has 4 rings (SSSR count). The van der Waals surface area contributed by atoms with E-state index in [-0.39, 0.29) is 0 Å². The summed E-state index contributed by atoms with van der Waals surface area (Å²) in [6, 6.07) is 19.1. The topological polar surface area (TPSA) is 34.1 Å². The molecule has 1 aliphatic heterocycles. The van der Waals surface area contributed by atoms with Crippen molar-refractivity contribution in [2.24, 2.45) is 0 Å². The fourth-order valence-corrected chi connectivity index (χ4v) is 3.70. The molecule has 4 heteroatoms. The summed E-state index contributed by atoms with van der Waals surface area (Å²) in [5.74, 6) is 1.91. The van der Waals surface area contributed by atoms with Gasteiger partial charge in [-0.1, -0.05) is 24.3 Å². The molecule has 25 heavy (non-hydrogen) atoms. The number of fused-ring (bicyclic) bond motifs is 1. The molecule has 1 aliphatic rings. The second-order valence-corrected chi connectivity index (χ2v) is 7.12. The fourth-order valence-electron chi connectivity index (χ4n) is 3.02. The minimum absolute atomic E-state index is 0.798. The summed E-state index contributed by atoms with van der Waals surface area (Å²) in [7, 11) is 0. The first-order valence-electron chi connectivity index (χ1n) is 8.42. The number of anilines is 1. The minimum Gasteiger partial charge on any atom is -0.493 e. The maximum atomic E-state index is 5.60. The quantitative estimate of drug-likeness (QED) is 0.638. The molecule has 0 spiro atoms. The summed E-state index contributed by atoms with van der Waals surface area (Å²) in [4.78, 5) is 5.68.